The van der Waals surface area contributed by atoms with Gasteiger partial charge in [-0.3, -0.25) is 4.79 Å². The molecule has 2 rings (SSSR count). The van der Waals surface area contributed by atoms with Crippen molar-refractivity contribution in [2.75, 3.05) is 46.9 Å². The molecule has 1 heterocycles. The molecule has 0 spiro atoms. The van der Waals surface area contributed by atoms with Crippen LogP contribution in [0.1, 0.15) is 24.0 Å². The number of piperazine rings is 1. The number of hydrogen-bond acceptors (Lipinski definition) is 3. The van der Waals surface area contributed by atoms with Crippen LogP contribution in [0.2, 0.25) is 0 Å². The van der Waals surface area contributed by atoms with E-state index in [0.717, 1.165) is 16.9 Å². The maximum absolute atomic E-state index is 12.3. The molecule has 3 amide bonds. The molecule has 0 saturated carbocycles. The molecule has 6 heteroatoms. The summed E-state index contributed by atoms with van der Waals surface area (Å²) in [5.74, 6) is 1.06. The summed E-state index contributed by atoms with van der Waals surface area (Å²) in [6.07, 6.45) is 1.18. The highest BCUT2D eigenvalue weighted by molar-refractivity contribution is 5.77. The van der Waals surface area contributed by atoms with Gasteiger partial charge in [0, 0.05) is 46.7 Å². The number of aryl methyl sites for hydroxylation is 2. The lowest BCUT2D eigenvalue weighted by Gasteiger charge is -2.36. The monoisotopic (exact) mass is 347 g/mol. The van der Waals surface area contributed by atoms with Crippen molar-refractivity contribution in [3.8, 4) is 5.75 Å². The van der Waals surface area contributed by atoms with Gasteiger partial charge in [0.15, 0.2) is 0 Å². The molecule has 0 bridgehead atoms. The molecule has 0 aliphatic carbocycles. The van der Waals surface area contributed by atoms with Gasteiger partial charge >= 0.3 is 6.03 Å². The second-order valence-electron chi connectivity index (χ2n) is 6.72. The first-order valence-corrected chi connectivity index (χ1v) is 8.83. The predicted octanol–water partition coefficient (Wildman–Crippen LogP) is 2.29. The lowest BCUT2D eigenvalue weighted by Crippen LogP contribution is -2.52. The summed E-state index contributed by atoms with van der Waals surface area (Å²) in [5, 5.41) is 0. The second kappa shape index (κ2) is 8.74. The number of rotatable bonds is 5. The minimum Gasteiger partial charge on any atom is -0.493 e. The highest BCUT2D eigenvalue weighted by atomic mass is 16.5. The van der Waals surface area contributed by atoms with Crippen LogP contribution in [-0.2, 0) is 4.79 Å². The van der Waals surface area contributed by atoms with Gasteiger partial charge in [0.25, 0.3) is 0 Å². The van der Waals surface area contributed by atoms with E-state index in [-0.39, 0.29) is 11.9 Å². The standard InChI is InChI=1S/C19H29N3O3/c1-15-7-5-8-16(2)18(15)25-14-6-9-17(23)21-10-12-22(13-11-21)19(24)20(3)4/h5,7-8H,6,9-14H2,1-4H3. The van der Waals surface area contributed by atoms with Crippen molar-refractivity contribution >= 4 is 11.9 Å². The van der Waals surface area contributed by atoms with E-state index in [1.165, 1.54) is 0 Å². The van der Waals surface area contributed by atoms with Crippen molar-refractivity contribution in [3.63, 3.8) is 0 Å². The largest absolute Gasteiger partial charge is 0.493 e. The fourth-order valence-electron chi connectivity index (χ4n) is 3.01. The zero-order valence-electron chi connectivity index (χ0n) is 15.7. The molecule has 1 fully saturated rings. The van der Waals surface area contributed by atoms with E-state index in [1.807, 2.05) is 36.9 Å². The van der Waals surface area contributed by atoms with Crippen LogP contribution in [0.25, 0.3) is 0 Å². The molecular formula is C19H29N3O3. The van der Waals surface area contributed by atoms with Gasteiger partial charge in [0.1, 0.15) is 5.75 Å². The van der Waals surface area contributed by atoms with Gasteiger partial charge in [-0.05, 0) is 31.4 Å². The molecule has 0 N–H and O–H groups in total. The first kappa shape index (κ1) is 19.1. The van der Waals surface area contributed by atoms with E-state index in [4.69, 9.17) is 4.74 Å². The Kier molecular flexibility index (Phi) is 6.67. The number of para-hydroxylation sites is 1. The van der Waals surface area contributed by atoms with E-state index >= 15 is 0 Å². The molecule has 0 unspecified atom stereocenters. The summed E-state index contributed by atoms with van der Waals surface area (Å²) >= 11 is 0. The molecule has 25 heavy (non-hydrogen) atoms. The van der Waals surface area contributed by atoms with Crippen LogP contribution in [0.5, 0.6) is 5.75 Å². The minimum absolute atomic E-state index is 0.00843. The van der Waals surface area contributed by atoms with Crippen molar-refractivity contribution in [3.05, 3.63) is 29.3 Å². The Balaban J connectivity index is 1.70. The minimum atomic E-state index is 0.00843. The molecule has 0 radical (unpaired) electrons. The van der Waals surface area contributed by atoms with E-state index in [1.54, 1.807) is 23.9 Å². The van der Waals surface area contributed by atoms with Crippen molar-refractivity contribution < 1.29 is 14.3 Å². The van der Waals surface area contributed by atoms with Crippen LogP contribution in [0.15, 0.2) is 18.2 Å². The van der Waals surface area contributed by atoms with Gasteiger partial charge in [-0.2, -0.15) is 0 Å². The van der Waals surface area contributed by atoms with Gasteiger partial charge in [0.05, 0.1) is 6.61 Å². The van der Waals surface area contributed by atoms with Crippen LogP contribution in [-0.4, -0.2) is 73.5 Å². The molecule has 1 aromatic carbocycles. The fraction of sp³-hybridized carbons (Fsp3) is 0.579. The Bertz CT molecular complexity index is 588. The molecule has 1 aliphatic rings. The number of hydrogen-bond donors (Lipinski definition) is 0. The zero-order valence-corrected chi connectivity index (χ0v) is 15.7. The van der Waals surface area contributed by atoms with Gasteiger partial charge in [-0.1, -0.05) is 18.2 Å². The third kappa shape index (κ3) is 5.11. The molecular weight excluding hydrogens is 318 g/mol. The number of carbonyl (C=O) groups excluding carboxylic acids is 2. The van der Waals surface area contributed by atoms with Crippen LogP contribution >= 0.6 is 0 Å². The number of carbonyl (C=O) groups is 2. The Hall–Kier alpha value is -2.24. The highest BCUT2D eigenvalue weighted by Gasteiger charge is 2.24. The normalized spacial score (nSPS) is 14.4. The second-order valence-corrected chi connectivity index (χ2v) is 6.72. The van der Waals surface area contributed by atoms with Crippen LogP contribution in [0, 0.1) is 13.8 Å². The predicted molar refractivity (Wildman–Crippen MR) is 97.9 cm³/mol. The Morgan fingerprint density at radius 2 is 1.60 bits per heavy atom. The number of amides is 3. The summed E-state index contributed by atoms with van der Waals surface area (Å²) in [4.78, 5) is 29.4. The van der Waals surface area contributed by atoms with Crippen molar-refractivity contribution in [2.45, 2.75) is 26.7 Å². The number of benzene rings is 1. The Morgan fingerprint density at radius 1 is 1.04 bits per heavy atom. The zero-order chi connectivity index (χ0) is 18.4. The van der Waals surface area contributed by atoms with E-state index < -0.39 is 0 Å². The van der Waals surface area contributed by atoms with E-state index in [2.05, 4.69) is 0 Å². The summed E-state index contributed by atoms with van der Waals surface area (Å²) in [7, 11) is 3.49. The first-order valence-electron chi connectivity index (χ1n) is 8.83. The fourth-order valence-corrected chi connectivity index (χ4v) is 3.01. The third-order valence-corrected chi connectivity index (χ3v) is 4.48. The van der Waals surface area contributed by atoms with Crippen molar-refractivity contribution in [1.29, 1.82) is 0 Å². The average molecular weight is 347 g/mol. The van der Waals surface area contributed by atoms with E-state index in [9.17, 15) is 9.59 Å². The summed E-state index contributed by atoms with van der Waals surface area (Å²) in [6, 6.07) is 6.08. The van der Waals surface area contributed by atoms with Gasteiger partial charge in [-0.15, -0.1) is 0 Å². The Morgan fingerprint density at radius 3 is 2.16 bits per heavy atom. The molecule has 1 saturated heterocycles. The lowest BCUT2D eigenvalue weighted by molar-refractivity contribution is -0.132. The van der Waals surface area contributed by atoms with Gasteiger partial charge in [0.2, 0.25) is 5.91 Å². The summed E-state index contributed by atoms with van der Waals surface area (Å²) in [6.45, 7) is 7.01. The maximum Gasteiger partial charge on any atom is 0.319 e. The third-order valence-electron chi connectivity index (χ3n) is 4.48. The van der Waals surface area contributed by atoms with Crippen molar-refractivity contribution in [1.82, 2.24) is 14.7 Å². The van der Waals surface area contributed by atoms with Crippen molar-refractivity contribution in [2.24, 2.45) is 0 Å². The molecule has 6 nitrogen and oxygen atoms in total. The number of urea groups is 1. The van der Waals surface area contributed by atoms with Crippen LogP contribution in [0.4, 0.5) is 4.79 Å². The quantitative estimate of drug-likeness (QED) is 0.768. The number of ether oxygens (including phenoxy) is 1. The van der Waals surface area contributed by atoms with Crippen LogP contribution < -0.4 is 4.74 Å². The molecule has 138 valence electrons. The smallest absolute Gasteiger partial charge is 0.319 e. The topological polar surface area (TPSA) is 53.1 Å². The Labute approximate surface area is 150 Å². The molecule has 0 aromatic heterocycles. The molecule has 1 aromatic rings. The SMILES string of the molecule is Cc1cccc(C)c1OCCCC(=O)N1CCN(C(=O)N(C)C)CC1. The summed E-state index contributed by atoms with van der Waals surface area (Å²) < 4.78 is 5.85. The first-order chi connectivity index (χ1) is 11.9. The molecule has 1 aliphatic heterocycles. The maximum atomic E-state index is 12.3. The van der Waals surface area contributed by atoms with E-state index in [0.29, 0.717) is 45.6 Å². The lowest BCUT2D eigenvalue weighted by atomic mass is 10.1. The average Bonchev–Trinajstić information content (AvgIpc) is 2.60. The molecule has 0 atom stereocenters. The van der Waals surface area contributed by atoms with Crippen LogP contribution in [0.3, 0.4) is 0 Å². The van der Waals surface area contributed by atoms with Gasteiger partial charge < -0.3 is 19.4 Å². The number of nitrogens with zero attached hydrogens (tertiary/aromatic N) is 3. The van der Waals surface area contributed by atoms with Gasteiger partial charge in [-0.25, -0.2) is 4.79 Å². The summed E-state index contributed by atoms with van der Waals surface area (Å²) in [5.41, 5.74) is 2.24. The highest BCUT2D eigenvalue weighted by Crippen LogP contribution is 2.22.